The summed E-state index contributed by atoms with van der Waals surface area (Å²) in [6, 6.07) is 11.1. The highest BCUT2D eigenvalue weighted by molar-refractivity contribution is 7.89. The van der Waals surface area contributed by atoms with E-state index in [9.17, 15) is 13.2 Å². The molecule has 0 bridgehead atoms. The van der Waals surface area contributed by atoms with Crippen molar-refractivity contribution in [3.63, 3.8) is 0 Å². The van der Waals surface area contributed by atoms with Gasteiger partial charge in [-0.15, -0.1) is 11.3 Å². The molecule has 7 nitrogen and oxygen atoms in total. The number of hydrogen-bond donors (Lipinski definition) is 2. The lowest BCUT2D eigenvalue weighted by atomic mass is 9.87. The summed E-state index contributed by atoms with van der Waals surface area (Å²) in [4.78, 5) is 16.2. The van der Waals surface area contributed by atoms with Crippen LogP contribution in [0.5, 0.6) is 0 Å². The number of nitrogens with one attached hydrogen (secondary N) is 2. The molecule has 4 rings (SSSR count). The summed E-state index contributed by atoms with van der Waals surface area (Å²) in [7, 11) is -3.56. The van der Waals surface area contributed by atoms with Gasteiger partial charge in [-0.25, -0.2) is 19.3 Å². The van der Waals surface area contributed by atoms with Gasteiger partial charge >= 0.3 is 0 Å². The Hall–Kier alpha value is -1.78. The number of piperazine rings is 1. The van der Waals surface area contributed by atoms with Crippen LogP contribution in [-0.2, 0) is 20.2 Å². The summed E-state index contributed by atoms with van der Waals surface area (Å²) in [5, 5.41) is 2.03. The number of carbonyl (C=O) groups excluding carboxylic acids is 1. The molecule has 0 saturated carbocycles. The number of sulfonamides is 1. The van der Waals surface area contributed by atoms with Crippen molar-refractivity contribution in [2.75, 3.05) is 26.2 Å². The highest BCUT2D eigenvalue weighted by Gasteiger charge is 2.36. The van der Waals surface area contributed by atoms with E-state index in [4.69, 9.17) is 0 Å². The van der Waals surface area contributed by atoms with Crippen LogP contribution >= 0.6 is 11.3 Å². The molecule has 2 fully saturated rings. The first-order valence-corrected chi connectivity index (χ1v) is 12.9. The maximum Gasteiger partial charge on any atom is 0.243 e. The number of carbonyl (C=O) groups is 1. The van der Waals surface area contributed by atoms with Gasteiger partial charge in [0.05, 0.1) is 10.9 Å². The van der Waals surface area contributed by atoms with E-state index in [0.29, 0.717) is 37.5 Å². The zero-order chi connectivity index (χ0) is 22.2. The number of amides is 1. The van der Waals surface area contributed by atoms with Crippen LogP contribution in [0, 0.1) is 0 Å². The lowest BCUT2D eigenvalue weighted by Crippen LogP contribution is -2.54. The Kier molecular flexibility index (Phi) is 6.24. The summed E-state index contributed by atoms with van der Waals surface area (Å²) in [6.45, 7) is 7.73. The van der Waals surface area contributed by atoms with Gasteiger partial charge in [0.2, 0.25) is 15.9 Å². The predicted molar refractivity (Wildman–Crippen MR) is 122 cm³/mol. The van der Waals surface area contributed by atoms with Gasteiger partial charge in [-0.1, -0.05) is 39.0 Å². The minimum atomic E-state index is -3.56. The fourth-order valence-corrected chi connectivity index (χ4v) is 6.25. The molecule has 2 aliphatic heterocycles. The molecule has 0 aliphatic carbocycles. The minimum absolute atomic E-state index is 0.0261. The second-order valence-corrected chi connectivity index (χ2v) is 12.1. The third kappa shape index (κ3) is 4.70. The lowest BCUT2D eigenvalue weighted by molar-refractivity contribution is -0.134. The molecule has 2 saturated heterocycles. The number of hydrogen-bond acceptors (Lipinski definition) is 6. The van der Waals surface area contributed by atoms with Gasteiger partial charge in [0.15, 0.2) is 0 Å². The third-order valence-electron chi connectivity index (χ3n) is 6.00. The first-order valence-electron chi connectivity index (χ1n) is 10.6. The van der Waals surface area contributed by atoms with E-state index in [1.165, 1.54) is 9.18 Å². The van der Waals surface area contributed by atoms with Crippen molar-refractivity contribution >= 4 is 27.3 Å². The first-order chi connectivity index (χ1) is 14.7. The third-order valence-corrected chi connectivity index (χ3v) is 8.90. The van der Waals surface area contributed by atoms with Crippen molar-refractivity contribution in [2.45, 2.75) is 49.6 Å². The van der Waals surface area contributed by atoms with Gasteiger partial charge in [0, 0.05) is 31.1 Å². The summed E-state index contributed by atoms with van der Waals surface area (Å²) in [5.41, 5.74) is 7.39. The average molecular weight is 463 g/mol. The predicted octanol–water partition coefficient (Wildman–Crippen LogP) is 2.49. The van der Waals surface area contributed by atoms with Crippen molar-refractivity contribution in [2.24, 2.45) is 0 Å². The number of rotatable bonds is 4. The van der Waals surface area contributed by atoms with Crippen molar-refractivity contribution in [1.29, 1.82) is 0 Å². The normalized spacial score (nSPS) is 23.3. The molecule has 2 aliphatic rings. The maximum absolute atomic E-state index is 13.1. The standard InChI is InChI=1S/C22H30N4O3S2/c1-22(2,3)16-6-8-17(9-7-16)31(28,29)26-12-10-25(11-13-26)21(27)19-15-18(23-24-19)20-5-4-14-30-20/h4-9,14,18-19,23-24H,10-13,15H2,1-3H3. The molecule has 2 N–H and O–H groups in total. The molecule has 31 heavy (non-hydrogen) atoms. The molecule has 1 amide bonds. The maximum atomic E-state index is 13.1. The van der Waals surface area contributed by atoms with E-state index in [1.807, 2.05) is 23.6 Å². The van der Waals surface area contributed by atoms with Crippen LogP contribution in [0.25, 0.3) is 0 Å². The average Bonchev–Trinajstić information content (AvgIpc) is 3.45. The zero-order valence-electron chi connectivity index (χ0n) is 18.2. The highest BCUT2D eigenvalue weighted by Crippen LogP contribution is 2.28. The molecule has 1 aromatic carbocycles. The van der Waals surface area contributed by atoms with Crippen LogP contribution in [0.15, 0.2) is 46.7 Å². The molecule has 9 heteroatoms. The molecule has 0 spiro atoms. The zero-order valence-corrected chi connectivity index (χ0v) is 19.8. The largest absolute Gasteiger partial charge is 0.339 e. The molecule has 1 aromatic heterocycles. The Labute approximate surface area is 188 Å². The van der Waals surface area contributed by atoms with Gasteiger partial charge in [-0.2, -0.15) is 4.31 Å². The molecule has 2 atom stereocenters. The van der Waals surface area contributed by atoms with E-state index < -0.39 is 10.0 Å². The van der Waals surface area contributed by atoms with Crippen molar-refractivity contribution < 1.29 is 13.2 Å². The molecule has 3 heterocycles. The smallest absolute Gasteiger partial charge is 0.243 e. The van der Waals surface area contributed by atoms with E-state index in [0.717, 1.165) is 5.56 Å². The van der Waals surface area contributed by atoms with E-state index in [1.54, 1.807) is 28.4 Å². The van der Waals surface area contributed by atoms with Crippen LogP contribution in [0.3, 0.4) is 0 Å². The van der Waals surface area contributed by atoms with E-state index in [2.05, 4.69) is 37.7 Å². The second kappa shape index (κ2) is 8.63. The molecule has 2 aromatic rings. The van der Waals surface area contributed by atoms with Crippen molar-refractivity contribution in [1.82, 2.24) is 20.1 Å². The summed E-state index contributed by atoms with van der Waals surface area (Å²) in [6.07, 6.45) is 0.692. The molecule has 0 radical (unpaired) electrons. The lowest BCUT2D eigenvalue weighted by Gasteiger charge is -2.35. The van der Waals surface area contributed by atoms with Gasteiger partial charge in [0.1, 0.15) is 6.04 Å². The van der Waals surface area contributed by atoms with Gasteiger partial charge in [0.25, 0.3) is 0 Å². The number of nitrogens with zero attached hydrogens (tertiary/aromatic N) is 2. The van der Waals surface area contributed by atoms with Gasteiger partial charge in [-0.3, -0.25) is 4.79 Å². The summed E-state index contributed by atoms with van der Waals surface area (Å²) >= 11 is 1.67. The quantitative estimate of drug-likeness (QED) is 0.730. The monoisotopic (exact) mass is 462 g/mol. The van der Waals surface area contributed by atoms with Crippen LogP contribution < -0.4 is 10.9 Å². The Morgan fingerprint density at radius 2 is 1.71 bits per heavy atom. The van der Waals surface area contributed by atoms with Crippen LogP contribution in [0.4, 0.5) is 0 Å². The fraction of sp³-hybridized carbons (Fsp3) is 0.500. The number of benzene rings is 1. The Morgan fingerprint density at radius 1 is 1.03 bits per heavy atom. The SMILES string of the molecule is CC(C)(C)c1ccc(S(=O)(=O)N2CCN(C(=O)C3CC(c4cccs4)NN3)CC2)cc1. The number of hydrazine groups is 1. The molecular weight excluding hydrogens is 432 g/mol. The summed E-state index contributed by atoms with van der Waals surface area (Å²) < 4.78 is 27.6. The van der Waals surface area contributed by atoms with Crippen molar-refractivity contribution in [3.05, 3.63) is 52.2 Å². The van der Waals surface area contributed by atoms with E-state index in [-0.39, 0.29) is 23.4 Å². The van der Waals surface area contributed by atoms with Crippen LogP contribution in [0.1, 0.15) is 43.7 Å². The van der Waals surface area contributed by atoms with Gasteiger partial charge < -0.3 is 4.90 Å². The Balaban J connectivity index is 1.35. The van der Waals surface area contributed by atoms with Crippen molar-refractivity contribution in [3.8, 4) is 0 Å². The Morgan fingerprint density at radius 3 is 2.29 bits per heavy atom. The molecule has 168 valence electrons. The first kappa shape index (κ1) is 22.4. The van der Waals surface area contributed by atoms with Gasteiger partial charge in [-0.05, 0) is 41.0 Å². The highest BCUT2D eigenvalue weighted by atomic mass is 32.2. The summed E-state index contributed by atoms with van der Waals surface area (Å²) in [5.74, 6) is 0.0261. The molecular formula is C22H30N4O3S2. The minimum Gasteiger partial charge on any atom is -0.339 e. The fourth-order valence-electron chi connectivity index (χ4n) is 4.04. The second-order valence-electron chi connectivity index (χ2n) is 9.15. The molecule has 2 unspecified atom stereocenters. The number of thiophene rings is 1. The van der Waals surface area contributed by atoms with E-state index >= 15 is 0 Å². The van der Waals surface area contributed by atoms with Crippen LogP contribution in [0.2, 0.25) is 0 Å². The Bertz CT molecular complexity index is 1010. The van der Waals surface area contributed by atoms with Crippen LogP contribution in [-0.4, -0.2) is 55.8 Å². The topological polar surface area (TPSA) is 81.8 Å².